The van der Waals surface area contributed by atoms with Gasteiger partial charge in [-0.3, -0.25) is 4.79 Å². The second kappa shape index (κ2) is 8.26. The second-order valence-electron chi connectivity index (χ2n) is 6.29. The van der Waals surface area contributed by atoms with Crippen molar-refractivity contribution in [2.45, 2.75) is 19.9 Å². The van der Waals surface area contributed by atoms with Crippen LogP contribution in [0.1, 0.15) is 30.2 Å². The highest BCUT2D eigenvalue weighted by atomic mass is 35.5. The summed E-state index contributed by atoms with van der Waals surface area (Å²) in [5, 5.41) is 8.01. The van der Waals surface area contributed by atoms with Crippen LogP contribution in [0.5, 0.6) is 5.75 Å². The van der Waals surface area contributed by atoms with Gasteiger partial charge in [0.2, 0.25) is 0 Å². The summed E-state index contributed by atoms with van der Waals surface area (Å²) < 4.78 is 12.0. The molecule has 0 bridgehead atoms. The zero-order valence-corrected chi connectivity index (χ0v) is 16.4. The number of hydrogen-bond donors (Lipinski definition) is 1. The molecule has 1 aromatic carbocycles. The maximum absolute atomic E-state index is 12.2. The lowest BCUT2D eigenvalue weighted by Crippen LogP contribution is -2.21. The summed E-state index contributed by atoms with van der Waals surface area (Å²) in [5.41, 5.74) is 1.31. The molecule has 9 heteroatoms. The Morgan fingerprint density at radius 1 is 1.25 bits per heavy atom. The molecule has 3 rings (SSSR count). The Morgan fingerprint density at radius 2 is 2.04 bits per heavy atom. The quantitative estimate of drug-likeness (QED) is 0.634. The lowest BCUT2D eigenvalue weighted by Gasteiger charge is -2.11. The van der Waals surface area contributed by atoms with Gasteiger partial charge in [0.05, 0.1) is 24.6 Å². The molecule has 0 fully saturated rings. The third-order valence-corrected chi connectivity index (χ3v) is 4.16. The van der Waals surface area contributed by atoms with Crippen LogP contribution in [0.25, 0.3) is 11.0 Å². The number of nitrogens with one attached hydrogen (secondary N) is 1. The number of aromatic nitrogens is 3. The molecule has 146 valence electrons. The van der Waals surface area contributed by atoms with E-state index in [2.05, 4.69) is 15.4 Å². The molecule has 0 atom stereocenters. The Labute approximate surface area is 166 Å². The molecule has 0 spiro atoms. The minimum Gasteiger partial charge on any atom is -0.495 e. The van der Waals surface area contributed by atoms with Gasteiger partial charge in [-0.1, -0.05) is 11.6 Å². The Morgan fingerprint density at radius 3 is 2.75 bits per heavy atom. The standard InChI is InChI=1S/C19H19ClN4O4/c1-11(2)24-18-12(9-22-24)6-13(8-21-18)19(26)28-10-17(25)23-15-7-14(20)4-5-16(15)27-3/h4-9,11H,10H2,1-3H3,(H,23,25). The third kappa shape index (κ3) is 4.23. The number of pyridine rings is 1. The van der Waals surface area contributed by atoms with Crippen LogP contribution < -0.4 is 10.1 Å². The van der Waals surface area contributed by atoms with E-state index in [0.29, 0.717) is 22.1 Å². The van der Waals surface area contributed by atoms with Crippen LogP contribution in [0, 0.1) is 0 Å². The average Bonchev–Trinajstić information content (AvgIpc) is 3.09. The van der Waals surface area contributed by atoms with Gasteiger partial charge in [0.1, 0.15) is 5.75 Å². The molecule has 1 amide bonds. The Bertz CT molecular complexity index is 1030. The molecule has 0 aliphatic heterocycles. The normalized spacial score (nSPS) is 10.9. The van der Waals surface area contributed by atoms with Crippen LogP contribution in [0.3, 0.4) is 0 Å². The van der Waals surface area contributed by atoms with E-state index in [0.717, 1.165) is 5.39 Å². The number of halogens is 1. The van der Waals surface area contributed by atoms with Gasteiger partial charge in [0.15, 0.2) is 12.3 Å². The smallest absolute Gasteiger partial charge is 0.340 e. The molecule has 0 aliphatic rings. The largest absolute Gasteiger partial charge is 0.495 e. The number of nitrogens with zero attached hydrogens (tertiary/aromatic N) is 3. The highest BCUT2D eigenvalue weighted by molar-refractivity contribution is 6.31. The fourth-order valence-corrected chi connectivity index (χ4v) is 2.78. The van der Waals surface area contributed by atoms with Gasteiger partial charge in [-0.15, -0.1) is 0 Å². The number of rotatable bonds is 6. The summed E-state index contributed by atoms with van der Waals surface area (Å²) in [5.74, 6) is -0.726. The molecule has 0 radical (unpaired) electrons. The van der Waals surface area contributed by atoms with Gasteiger partial charge in [0, 0.05) is 22.6 Å². The Balaban J connectivity index is 1.64. The summed E-state index contributed by atoms with van der Waals surface area (Å²) in [6, 6.07) is 6.59. The first kappa shape index (κ1) is 19.6. The first-order chi connectivity index (χ1) is 13.4. The lowest BCUT2D eigenvalue weighted by molar-refractivity contribution is -0.119. The number of hydrogen-bond acceptors (Lipinski definition) is 6. The predicted molar refractivity (Wildman–Crippen MR) is 105 cm³/mol. The molecule has 2 aromatic heterocycles. The molecule has 0 saturated carbocycles. The molecule has 8 nitrogen and oxygen atoms in total. The van der Waals surface area contributed by atoms with Gasteiger partial charge in [-0.25, -0.2) is 14.5 Å². The zero-order valence-electron chi connectivity index (χ0n) is 15.6. The predicted octanol–water partition coefficient (Wildman–Crippen LogP) is 3.47. The summed E-state index contributed by atoms with van der Waals surface area (Å²) in [4.78, 5) is 28.6. The number of anilines is 1. The highest BCUT2D eigenvalue weighted by Crippen LogP contribution is 2.27. The van der Waals surface area contributed by atoms with Crippen molar-refractivity contribution in [1.82, 2.24) is 14.8 Å². The molecular formula is C19H19ClN4O4. The third-order valence-electron chi connectivity index (χ3n) is 3.93. The van der Waals surface area contributed by atoms with Gasteiger partial charge in [0.25, 0.3) is 5.91 Å². The van der Waals surface area contributed by atoms with Crippen LogP contribution in [-0.2, 0) is 9.53 Å². The molecule has 0 unspecified atom stereocenters. The molecular weight excluding hydrogens is 384 g/mol. The second-order valence-corrected chi connectivity index (χ2v) is 6.73. The van der Waals surface area contributed by atoms with E-state index in [1.165, 1.54) is 13.3 Å². The van der Waals surface area contributed by atoms with Crippen molar-refractivity contribution in [3.63, 3.8) is 0 Å². The van der Waals surface area contributed by atoms with Gasteiger partial charge < -0.3 is 14.8 Å². The lowest BCUT2D eigenvalue weighted by atomic mass is 10.2. The fraction of sp³-hybridized carbons (Fsp3) is 0.263. The maximum Gasteiger partial charge on any atom is 0.340 e. The highest BCUT2D eigenvalue weighted by Gasteiger charge is 2.15. The van der Waals surface area contributed by atoms with Crippen LogP contribution >= 0.6 is 11.6 Å². The molecule has 1 N–H and O–H groups in total. The van der Waals surface area contributed by atoms with Gasteiger partial charge >= 0.3 is 5.97 Å². The van der Waals surface area contributed by atoms with Crippen molar-refractivity contribution in [2.24, 2.45) is 0 Å². The van der Waals surface area contributed by atoms with Crippen LogP contribution in [-0.4, -0.2) is 40.4 Å². The minimum absolute atomic E-state index is 0.148. The Kier molecular flexibility index (Phi) is 5.79. The van der Waals surface area contributed by atoms with E-state index >= 15 is 0 Å². The van der Waals surface area contributed by atoms with Crippen molar-refractivity contribution >= 4 is 40.2 Å². The SMILES string of the molecule is COc1ccc(Cl)cc1NC(=O)COC(=O)c1cnc2c(cnn2C(C)C)c1. The summed E-state index contributed by atoms with van der Waals surface area (Å²) in [7, 11) is 1.48. The number of carbonyl (C=O) groups is 2. The first-order valence-electron chi connectivity index (χ1n) is 8.53. The van der Waals surface area contributed by atoms with Crippen molar-refractivity contribution < 1.29 is 19.1 Å². The van der Waals surface area contributed by atoms with E-state index in [4.69, 9.17) is 21.1 Å². The average molecular weight is 403 g/mol. The van der Waals surface area contributed by atoms with Crippen LogP contribution in [0.15, 0.2) is 36.7 Å². The van der Waals surface area contributed by atoms with Crippen molar-refractivity contribution in [3.05, 3.63) is 47.2 Å². The first-order valence-corrected chi connectivity index (χ1v) is 8.90. The molecule has 3 aromatic rings. The summed E-state index contributed by atoms with van der Waals surface area (Å²) in [6.45, 7) is 3.52. The molecule has 0 saturated heterocycles. The van der Waals surface area contributed by atoms with Crippen LogP contribution in [0.2, 0.25) is 5.02 Å². The van der Waals surface area contributed by atoms with Gasteiger partial charge in [-0.2, -0.15) is 5.10 Å². The minimum atomic E-state index is -0.653. The number of methoxy groups -OCH3 is 1. The van der Waals surface area contributed by atoms with Crippen molar-refractivity contribution in [3.8, 4) is 5.75 Å². The number of fused-ring (bicyclic) bond motifs is 1. The zero-order chi connectivity index (χ0) is 20.3. The van der Waals surface area contributed by atoms with Crippen LogP contribution in [0.4, 0.5) is 5.69 Å². The van der Waals surface area contributed by atoms with E-state index in [-0.39, 0.29) is 11.6 Å². The number of ether oxygens (including phenoxy) is 2. The topological polar surface area (TPSA) is 95.3 Å². The van der Waals surface area contributed by atoms with Crippen molar-refractivity contribution in [2.75, 3.05) is 19.0 Å². The number of amides is 1. The molecule has 28 heavy (non-hydrogen) atoms. The van der Waals surface area contributed by atoms with Gasteiger partial charge in [-0.05, 0) is 38.1 Å². The number of esters is 1. The molecule has 0 aliphatic carbocycles. The van der Waals surface area contributed by atoms with E-state index < -0.39 is 18.5 Å². The molecule has 2 heterocycles. The number of carbonyl (C=O) groups excluding carboxylic acids is 2. The monoisotopic (exact) mass is 402 g/mol. The summed E-state index contributed by atoms with van der Waals surface area (Å²) >= 11 is 5.93. The maximum atomic E-state index is 12.2. The van der Waals surface area contributed by atoms with E-state index in [1.54, 1.807) is 35.1 Å². The van der Waals surface area contributed by atoms with Crippen molar-refractivity contribution in [1.29, 1.82) is 0 Å². The van der Waals surface area contributed by atoms with E-state index in [1.807, 2.05) is 13.8 Å². The number of benzene rings is 1. The summed E-state index contributed by atoms with van der Waals surface area (Å²) in [6.07, 6.45) is 3.04. The fourth-order valence-electron chi connectivity index (χ4n) is 2.61. The van der Waals surface area contributed by atoms with E-state index in [9.17, 15) is 9.59 Å². The Hall–Kier alpha value is -3.13.